The number of hydrogen-bond acceptors (Lipinski definition) is 5. The molecule has 1 unspecified atom stereocenters. The molecule has 3 rings (SSSR count). The molecule has 7 nitrogen and oxygen atoms in total. The molecule has 0 spiro atoms. The number of pyridine rings is 1. The van der Waals surface area contributed by atoms with Crippen molar-refractivity contribution in [2.45, 2.75) is 19.9 Å². The van der Waals surface area contributed by atoms with Crippen molar-refractivity contribution in [3.63, 3.8) is 0 Å². The summed E-state index contributed by atoms with van der Waals surface area (Å²) in [5.74, 6) is 0.253. The van der Waals surface area contributed by atoms with Crippen molar-refractivity contribution in [1.29, 1.82) is 0 Å². The summed E-state index contributed by atoms with van der Waals surface area (Å²) in [6, 6.07) is 3.66. The van der Waals surface area contributed by atoms with E-state index in [4.69, 9.17) is 5.11 Å². The summed E-state index contributed by atoms with van der Waals surface area (Å²) in [6.45, 7) is 6.82. The summed E-state index contributed by atoms with van der Waals surface area (Å²) in [5.41, 5.74) is 1.98. The zero-order valence-electron chi connectivity index (χ0n) is 12.2. The van der Waals surface area contributed by atoms with Crippen molar-refractivity contribution in [2.75, 3.05) is 31.1 Å². The van der Waals surface area contributed by atoms with Crippen LogP contribution >= 0.6 is 0 Å². The summed E-state index contributed by atoms with van der Waals surface area (Å²) in [7, 11) is 0. The lowest BCUT2D eigenvalue weighted by Crippen LogP contribution is -2.52. The molecule has 1 atom stereocenters. The second-order valence-corrected chi connectivity index (χ2v) is 5.46. The number of aliphatic carboxylic acids is 1. The molecular formula is C14H19N5O2. The number of aromatic nitrogens is 3. The fourth-order valence-electron chi connectivity index (χ4n) is 2.76. The van der Waals surface area contributed by atoms with Crippen LogP contribution in [0.2, 0.25) is 0 Å². The number of anilines is 1. The maximum atomic E-state index is 11.1. The first-order valence-electron chi connectivity index (χ1n) is 7.08. The number of aryl methyl sites for hydroxylation is 1. The van der Waals surface area contributed by atoms with Crippen molar-refractivity contribution in [3.8, 4) is 0 Å². The minimum Gasteiger partial charge on any atom is -0.480 e. The van der Waals surface area contributed by atoms with Crippen molar-refractivity contribution < 1.29 is 9.90 Å². The average molecular weight is 289 g/mol. The summed E-state index contributed by atoms with van der Waals surface area (Å²) < 4.78 is 1.84. The van der Waals surface area contributed by atoms with Gasteiger partial charge < -0.3 is 10.0 Å². The molecule has 7 heteroatoms. The maximum Gasteiger partial charge on any atom is 0.320 e. The summed E-state index contributed by atoms with van der Waals surface area (Å²) in [5, 5.41) is 13.4. The molecule has 1 N–H and O–H groups in total. The minimum atomic E-state index is -0.766. The van der Waals surface area contributed by atoms with E-state index in [2.05, 4.69) is 21.0 Å². The predicted molar refractivity (Wildman–Crippen MR) is 78.6 cm³/mol. The largest absolute Gasteiger partial charge is 0.480 e. The Bertz CT molecular complexity index is 660. The smallest absolute Gasteiger partial charge is 0.320 e. The van der Waals surface area contributed by atoms with Crippen LogP contribution in [-0.2, 0) is 4.79 Å². The van der Waals surface area contributed by atoms with Crippen LogP contribution in [0.15, 0.2) is 18.5 Å². The number of carboxylic acid groups (broad SMARTS) is 1. The first kappa shape index (κ1) is 13.8. The molecule has 0 amide bonds. The lowest BCUT2D eigenvalue weighted by Gasteiger charge is -2.37. The Labute approximate surface area is 122 Å². The van der Waals surface area contributed by atoms with Gasteiger partial charge in [0.2, 0.25) is 0 Å². The number of nitrogens with zero attached hydrogens (tertiary/aromatic N) is 5. The highest BCUT2D eigenvalue weighted by Crippen LogP contribution is 2.20. The van der Waals surface area contributed by atoms with Gasteiger partial charge in [0, 0.05) is 26.2 Å². The van der Waals surface area contributed by atoms with E-state index in [9.17, 15) is 4.79 Å². The number of hydrogen-bond donors (Lipinski definition) is 1. The molecule has 21 heavy (non-hydrogen) atoms. The number of piperazine rings is 1. The first-order valence-corrected chi connectivity index (χ1v) is 7.08. The van der Waals surface area contributed by atoms with Gasteiger partial charge in [-0.2, -0.15) is 9.61 Å². The zero-order valence-corrected chi connectivity index (χ0v) is 12.2. The Hall–Kier alpha value is -2.15. The van der Waals surface area contributed by atoms with E-state index in [0.717, 1.165) is 43.2 Å². The van der Waals surface area contributed by atoms with Gasteiger partial charge in [0.05, 0.1) is 0 Å². The van der Waals surface area contributed by atoms with Gasteiger partial charge in [0.1, 0.15) is 18.2 Å². The topological polar surface area (TPSA) is 74.0 Å². The Morgan fingerprint density at radius 2 is 2.00 bits per heavy atom. The molecule has 0 bridgehead atoms. The van der Waals surface area contributed by atoms with Gasteiger partial charge in [-0.1, -0.05) is 0 Å². The predicted octanol–water partition coefficient (Wildman–Crippen LogP) is 0.633. The molecule has 1 aliphatic heterocycles. The Kier molecular flexibility index (Phi) is 3.50. The van der Waals surface area contributed by atoms with E-state index in [1.165, 1.54) is 0 Å². The van der Waals surface area contributed by atoms with Crippen molar-refractivity contribution in [3.05, 3.63) is 24.0 Å². The van der Waals surface area contributed by atoms with E-state index in [0.29, 0.717) is 0 Å². The van der Waals surface area contributed by atoms with Crippen LogP contribution in [0.3, 0.4) is 0 Å². The molecule has 1 saturated heterocycles. The SMILES string of the molecule is Cc1cc(N2CCN(C(C)C(=O)O)CC2)n2ncnc2c1. The third-order valence-corrected chi connectivity index (χ3v) is 4.05. The number of carbonyl (C=O) groups is 1. The van der Waals surface area contributed by atoms with Gasteiger partial charge in [-0.15, -0.1) is 0 Å². The Morgan fingerprint density at radius 3 is 2.67 bits per heavy atom. The molecule has 0 saturated carbocycles. The number of fused-ring (bicyclic) bond motifs is 1. The van der Waals surface area contributed by atoms with Crippen molar-refractivity contribution in [2.24, 2.45) is 0 Å². The standard InChI is InChI=1S/C14H19N5O2/c1-10-7-12-15-9-16-19(12)13(8-10)18-5-3-17(4-6-18)11(2)14(20)21/h7-9,11H,3-6H2,1-2H3,(H,20,21). The van der Waals surface area contributed by atoms with Gasteiger partial charge in [0.15, 0.2) is 5.65 Å². The van der Waals surface area contributed by atoms with Crippen LogP contribution in [0.25, 0.3) is 5.65 Å². The highest BCUT2D eigenvalue weighted by Gasteiger charge is 2.26. The molecule has 2 aromatic heterocycles. The van der Waals surface area contributed by atoms with E-state index in [1.807, 2.05) is 22.4 Å². The quantitative estimate of drug-likeness (QED) is 0.893. The summed E-state index contributed by atoms with van der Waals surface area (Å²) in [4.78, 5) is 19.5. The second kappa shape index (κ2) is 5.33. The third kappa shape index (κ3) is 2.56. The number of carboxylic acids is 1. The van der Waals surface area contributed by atoms with Gasteiger partial charge in [-0.05, 0) is 31.5 Å². The van der Waals surface area contributed by atoms with Crippen molar-refractivity contribution >= 4 is 17.4 Å². The van der Waals surface area contributed by atoms with E-state index in [1.54, 1.807) is 13.3 Å². The van der Waals surface area contributed by atoms with E-state index < -0.39 is 12.0 Å². The lowest BCUT2D eigenvalue weighted by molar-refractivity contribution is -0.142. The lowest BCUT2D eigenvalue weighted by atomic mass is 10.2. The summed E-state index contributed by atoms with van der Waals surface area (Å²) in [6.07, 6.45) is 1.56. The second-order valence-electron chi connectivity index (χ2n) is 5.46. The van der Waals surface area contributed by atoms with Gasteiger partial charge in [-0.3, -0.25) is 9.69 Å². The van der Waals surface area contributed by atoms with Crippen LogP contribution < -0.4 is 4.90 Å². The first-order chi connectivity index (χ1) is 10.1. The molecule has 0 radical (unpaired) electrons. The molecule has 2 aromatic rings. The zero-order chi connectivity index (χ0) is 15.0. The fraction of sp³-hybridized carbons (Fsp3) is 0.500. The van der Waals surface area contributed by atoms with Gasteiger partial charge >= 0.3 is 5.97 Å². The van der Waals surface area contributed by atoms with E-state index >= 15 is 0 Å². The molecular weight excluding hydrogens is 270 g/mol. The van der Waals surface area contributed by atoms with Crippen LogP contribution in [-0.4, -0.2) is 62.8 Å². The highest BCUT2D eigenvalue weighted by atomic mass is 16.4. The van der Waals surface area contributed by atoms with E-state index in [-0.39, 0.29) is 0 Å². The molecule has 0 aromatic carbocycles. The molecule has 112 valence electrons. The fourth-order valence-corrected chi connectivity index (χ4v) is 2.76. The number of rotatable bonds is 3. The summed E-state index contributed by atoms with van der Waals surface area (Å²) >= 11 is 0. The molecule has 1 fully saturated rings. The Morgan fingerprint density at radius 1 is 1.29 bits per heavy atom. The van der Waals surface area contributed by atoms with Crippen LogP contribution in [0.5, 0.6) is 0 Å². The highest BCUT2D eigenvalue weighted by molar-refractivity contribution is 5.73. The Balaban J connectivity index is 1.80. The van der Waals surface area contributed by atoms with Crippen LogP contribution in [0.1, 0.15) is 12.5 Å². The van der Waals surface area contributed by atoms with Crippen LogP contribution in [0, 0.1) is 6.92 Å². The van der Waals surface area contributed by atoms with Crippen molar-refractivity contribution in [1.82, 2.24) is 19.5 Å². The molecule has 3 heterocycles. The third-order valence-electron chi connectivity index (χ3n) is 4.05. The molecule has 0 aliphatic carbocycles. The van der Waals surface area contributed by atoms with Gasteiger partial charge in [0.25, 0.3) is 0 Å². The minimum absolute atomic E-state index is 0.434. The normalized spacial score (nSPS) is 18.1. The molecule has 1 aliphatic rings. The maximum absolute atomic E-state index is 11.1. The monoisotopic (exact) mass is 289 g/mol. The van der Waals surface area contributed by atoms with Crippen LogP contribution in [0.4, 0.5) is 5.82 Å². The average Bonchev–Trinajstić information content (AvgIpc) is 2.93. The van der Waals surface area contributed by atoms with Gasteiger partial charge in [-0.25, -0.2) is 4.98 Å².